The standard InChI is InChI=1S/C20H25NO3S/c1-3-7-19(22)15-18(14-17-8-5-4-6-9-17)21-25(23,24)20-12-10-16(2)11-13-20/h3-6,8-13,18-19,21-22H,1,7,14-15H2,2H3/t18-,19+/m0/s1. The number of nitrogens with one attached hydrogen (secondary N) is 1. The van der Waals surface area contributed by atoms with Crippen LogP contribution < -0.4 is 4.72 Å². The van der Waals surface area contributed by atoms with Crippen molar-refractivity contribution in [2.75, 3.05) is 0 Å². The first-order valence-corrected chi connectivity index (χ1v) is 9.81. The molecule has 134 valence electrons. The van der Waals surface area contributed by atoms with E-state index in [0.717, 1.165) is 11.1 Å². The monoisotopic (exact) mass is 359 g/mol. The first-order valence-electron chi connectivity index (χ1n) is 8.32. The van der Waals surface area contributed by atoms with Crippen molar-refractivity contribution in [3.63, 3.8) is 0 Å². The normalized spacial score (nSPS) is 14.0. The summed E-state index contributed by atoms with van der Waals surface area (Å²) >= 11 is 0. The quantitative estimate of drug-likeness (QED) is 0.676. The molecular formula is C20H25NO3S. The van der Waals surface area contributed by atoms with E-state index < -0.39 is 22.2 Å². The fraction of sp³-hybridized carbons (Fsp3) is 0.300. The third-order valence-electron chi connectivity index (χ3n) is 3.97. The highest BCUT2D eigenvalue weighted by atomic mass is 32.2. The fourth-order valence-corrected chi connectivity index (χ4v) is 3.94. The predicted molar refractivity (Wildman–Crippen MR) is 101 cm³/mol. The van der Waals surface area contributed by atoms with Crippen molar-refractivity contribution < 1.29 is 13.5 Å². The van der Waals surface area contributed by atoms with E-state index in [1.807, 2.05) is 37.3 Å². The summed E-state index contributed by atoms with van der Waals surface area (Å²) in [6.45, 7) is 5.53. The molecule has 4 nitrogen and oxygen atoms in total. The van der Waals surface area contributed by atoms with Gasteiger partial charge in [-0.1, -0.05) is 54.1 Å². The molecule has 0 aliphatic carbocycles. The largest absolute Gasteiger partial charge is 0.393 e. The Balaban J connectivity index is 2.18. The molecule has 0 saturated carbocycles. The molecule has 2 aromatic rings. The zero-order chi connectivity index (χ0) is 18.3. The molecule has 2 N–H and O–H groups in total. The second-order valence-corrected chi connectivity index (χ2v) is 7.95. The lowest BCUT2D eigenvalue weighted by Gasteiger charge is -2.21. The highest BCUT2D eigenvalue weighted by Crippen LogP contribution is 2.15. The number of aryl methyl sites for hydroxylation is 1. The molecule has 2 aromatic carbocycles. The number of aliphatic hydroxyl groups excluding tert-OH is 1. The molecule has 25 heavy (non-hydrogen) atoms. The molecule has 0 amide bonds. The number of sulfonamides is 1. The van der Waals surface area contributed by atoms with Crippen LogP contribution in [0.25, 0.3) is 0 Å². The summed E-state index contributed by atoms with van der Waals surface area (Å²) in [5.41, 5.74) is 2.02. The van der Waals surface area contributed by atoms with Gasteiger partial charge in [0.1, 0.15) is 0 Å². The smallest absolute Gasteiger partial charge is 0.240 e. The molecule has 0 unspecified atom stereocenters. The van der Waals surface area contributed by atoms with Crippen LogP contribution in [0.3, 0.4) is 0 Å². The Bertz CT molecular complexity index is 770. The van der Waals surface area contributed by atoms with Gasteiger partial charge in [-0.05, 0) is 43.9 Å². The first kappa shape index (κ1) is 19.4. The summed E-state index contributed by atoms with van der Waals surface area (Å²) < 4.78 is 28.1. The average molecular weight is 359 g/mol. The zero-order valence-electron chi connectivity index (χ0n) is 14.4. The SMILES string of the molecule is C=CC[C@@H](O)C[C@H](Cc1ccccc1)NS(=O)(=O)c1ccc(C)cc1. The number of benzene rings is 2. The Morgan fingerprint density at radius 2 is 1.76 bits per heavy atom. The molecule has 2 rings (SSSR count). The van der Waals surface area contributed by atoms with Gasteiger partial charge in [-0.25, -0.2) is 13.1 Å². The first-order chi connectivity index (χ1) is 11.9. The van der Waals surface area contributed by atoms with E-state index >= 15 is 0 Å². The van der Waals surface area contributed by atoms with Crippen LogP contribution in [-0.2, 0) is 16.4 Å². The van der Waals surface area contributed by atoms with Gasteiger partial charge in [0.2, 0.25) is 10.0 Å². The molecule has 0 aromatic heterocycles. The van der Waals surface area contributed by atoms with E-state index in [-0.39, 0.29) is 4.90 Å². The minimum atomic E-state index is -3.64. The van der Waals surface area contributed by atoms with Gasteiger partial charge in [0.25, 0.3) is 0 Å². The van der Waals surface area contributed by atoms with Gasteiger partial charge in [0.05, 0.1) is 11.0 Å². The lowest BCUT2D eigenvalue weighted by molar-refractivity contribution is 0.156. The summed E-state index contributed by atoms with van der Waals surface area (Å²) in [7, 11) is -3.64. The second kappa shape index (κ2) is 8.94. The highest BCUT2D eigenvalue weighted by Gasteiger charge is 2.22. The summed E-state index contributed by atoms with van der Waals surface area (Å²) in [4.78, 5) is 0.231. The van der Waals surface area contributed by atoms with Crippen LogP contribution in [0.15, 0.2) is 72.1 Å². The minimum absolute atomic E-state index is 0.231. The molecular weight excluding hydrogens is 334 g/mol. The van der Waals surface area contributed by atoms with Crippen LogP contribution in [0.2, 0.25) is 0 Å². The Kier molecular flexibility index (Phi) is 6.93. The molecule has 0 heterocycles. The molecule has 5 heteroatoms. The second-order valence-electron chi connectivity index (χ2n) is 6.23. The predicted octanol–water partition coefficient (Wildman–Crippen LogP) is 3.21. The minimum Gasteiger partial charge on any atom is -0.393 e. The van der Waals surface area contributed by atoms with Gasteiger partial charge in [-0.2, -0.15) is 0 Å². The van der Waals surface area contributed by atoms with Crippen LogP contribution in [-0.4, -0.2) is 25.7 Å². The van der Waals surface area contributed by atoms with Gasteiger partial charge < -0.3 is 5.11 Å². The number of rotatable bonds is 9. The maximum absolute atomic E-state index is 12.7. The van der Waals surface area contributed by atoms with E-state index in [1.54, 1.807) is 30.3 Å². The average Bonchev–Trinajstić information content (AvgIpc) is 2.56. The molecule has 0 fully saturated rings. The topological polar surface area (TPSA) is 66.4 Å². The van der Waals surface area contributed by atoms with Crippen molar-refractivity contribution >= 4 is 10.0 Å². The van der Waals surface area contributed by atoms with Crippen LogP contribution >= 0.6 is 0 Å². The lowest BCUT2D eigenvalue weighted by atomic mass is 10.0. The Labute approximate surface area is 150 Å². The molecule has 2 atom stereocenters. The highest BCUT2D eigenvalue weighted by molar-refractivity contribution is 7.89. The lowest BCUT2D eigenvalue weighted by Crippen LogP contribution is -2.38. The van der Waals surface area contributed by atoms with E-state index in [0.29, 0.717) is 19.3 Å². The van der Waals surface area contributed by atoms with Crippen molar-refractivity contribution in [3.05, 3.63) is 78.4 Å². The maximum atomic E-state index is 12.7. The molecule has 0 bridgehead atoms. The van der Waals surface area contributed by atoms with Crippen LogP contribution in [0, 0.1) is 6.92 Å². The number of aliphatic hydroxyl groups is 1. The van der Waals surface area contributed by atoms with Gasteiger partial charge in [-0.3, -0.25) is 0 Å². The molecule has 0 aliphatic heterocycles. The van der Waals surface area contributed by atoms with Crippen LogP contribution in [0.4, 0.5) is 0 Å². The van der Waals surface area contributed by atoms with E-state index in [2.05, 4.69) is 11.3 Å². The van der Waals surface area contributed by atoms with Crippen LogP contribution in [0.5, 0.6) is 0 Å². The number of hydrogen-bond donors (Lipinski definition) is 2. The van der Waals surface area contributed by atoms with Crippen LogP contribution in [0.1, 0.15) is 24.0 Å². The van der Waals surface area contributed by atoms with Crippen molar-refractivity contribution in [3.8, 4) is 0 Å². The molecule has 0 aliphatic rings. The zero-order valence-corrected chi connectivity index (χ0v) is 15.2. The summed E-state index contributed by atoms with van der Waals surface area (Å²) in [5, 5.41) is 10.1. The fourth-order valence-electron chi connectivity index (χ4n) is 2.69. The Morgan fingerprint density at radius 1 is 1.12 bits per heavy atom. The molecule has 0 saturated heterocycles. The Hall–Kier alpha value is -1.95. The van der Waals surface area contributed by atoms with Gasteiger partial charge in [0.15, 0.2) is 0 Å². The van der Waals surface area contributed by atoms with Gasteiger partial charge in [-0.15, -0.1) is 6.58 Å². The van der Waals surface area contributed by atoms with Crippen molar-refractivity contribution in [1.82, 2.24) is 4.72 Å². The summed E-state index contributed by atoms with van der Waals surface area (Å²) in [6, 6.07) is 16.0. The Morgan fingerprint density at radius 3 is 2.36 bits per heavy atom. The van der Waals surface area contributed by atoms with Gasteiger partial charge in [0, 0.05) is 6.04 Å². The summed E-state index contributed by atoms with van der Waals surface area (Å²) in [6.07, 6.45) is 2.27. The van der Waals surface area contributed by atoms with Crippen molar-refractivity contribution in [2.24, 2.45) is 0 Å². The third-order valence-corrected chi connectivity index (χ3v) is 5.51. The van der Waals surface area contributed by atoms with E-state index in [9.17, 15) is 13.5 Å². The van der Waals surface area contributed by atoms with Crippen molar-refractivity contribution in [1.29, 1.82) is 0 Å². The molecule has 0 radical (unpaired) electrons. The summed E-state index contributed by atoms with van der Waals surface area (Å²) in [5.74, 6) is 0. The van der Waals surface area contributed by atoms with Gasteiger partial charge >= 0.3 is 0 Å². The number of hydrogen-bond acceptors (Lipinski definition) is 3. The van der Waals surface area contributed by atoms with E-state index in [4.69, 9.17) is 0 Å². The molecule has 0 spiro atoms. The maximum Gasteiger partial charge on any atom is 0.240 e. The third kappa shape index (κ3) is 6.12. The van der Waals surface area contributed by atoms with Crippen molar-refractivity contribution in [2.45, 2.75) is 43.2 Å². The van der Waals surface area contributed by atoms with E-state index in [1.165, 1.54) is 0 Å².